The van der Waals surface area contributed by atoms with Gasteiger partial charge in [-0.15, -0.1) is 0 Å². The number of hydrogen-bond donors (Lipinski definition) is 1. The molecule has 0 bridgehead atoms. The van der Waals surface area contributed by atoms with Crippen molar-refractivity contribution < 1.29 is 22.0 Å². The van der Waals surface area contributed by atoms with Crippen LogP contribution in [-0.4, -0.2) is 0 Å². The molecule has 1 unspecified atom stereocenters. The van der Waals surface area contributed by atoms with Crippen molar-refractivity contribution >= 4 is 21.6 Å². The molecule has 0 heterocycles. The number of nitrogens with one attached hydrogen (secondary N) is 1. The predicted octanol–water partition coefficient (Wildman–Crippen LogP) is 5.32. The van der Waals surface area contributed by atoms with Crippen LogP contribution in [0.25, 0.3) is 0 Å². The van der Waals surface area contributed by atoms with Crippen LogP contribution in [0.15, 0.2) is 28.7 Å². The van der Waals surface area contributed by atoms with E-state index in [1.807, 2.05) is 0 Å². The summed E-state index contributed by atoms with van der Waals surface area (Å²) in [6.45, 7) is 1.54. The van der Waals surface area contributed by atoms with E-state index in [4.69, 9.17) is 0 Å². The Bertz CT molecular complexity index is 660. The molecule has 1 N–H and O–H groups in total. The fourth-order valence-electron chi connectivity index (χ4n) is 1.81. The Morgan fingerprint density at radius 3 is 1.95 bits per heavy atom. The number of halogens is 6. The first-order chi connectivity index (χ1) is 9.82. The molecule has 0 spiro atoms. The minimum atomic E-state index is -2.18. The lowest BCUT2D eigenvalue weighted by atomic mass is 10.1. The summed E-state index contributed by atoms with van der Waals surface area (Å²) in [4.78, 5) is 0. The molecule has 0 amide bonds. The van der Waals surface area contributed by atoms with E-state index in [2.05, 4.69) is 21.2 Å². The Morgan fingerprint density at radius 1 is 0.905 bits per heavy atom. The molecule has 0 aliphatic rings. The standard InChI is InChI=1S/C14H9BrF5N/c1-6(7-3-2-4-8(15)5-7)21-14-12(19)10(17)9(16)11(18)13(14)20/h2-6,21H,1H3. The van der Waals surface area contributed by atoms with Crippen LogP contribution in [0, 0.1) is 29.1 Å². The molecule has 0 aliphatic carbocycles. The molecule has 2 aromatic rings. The molecule has 112 valence electrons. The molecule has 0 fully saturated rings. The Balaban J connectivity index is 2.40. The molecule has 0 aromatic heterocycles. The summed E-state index contributed by atoms with van der Waals surface area (Å²) in [5.74, 6) is -9.89. The van der Waals surface area contributed by atoms with Gasteiger partial charge in [-0.05, 0) is 24.6 Å². The smallest absolute Gasteiger partial charge is 0.200 e. The van der Waals surface area contributed by atoms with Crippen LogP contribution in [0.5, 0.6) is 0 Å². The summed E-state index contributed by atoms with van der Waals surface area (Å²) in [5, 5.41) is 2.31. The highest BCUT2D eigenvalue weighted by Gasteiger charge is 2.26. The van der Waals surface area contributed by atoms with Gasteiger partial charge >= 0.3 is 0 Å². The van der Waals surface area contributed by atoms with Crippen LogP contribution >= 0.6 is 15.9 Å². The number of benzene rings is 2. The molecule has 0 radical (unpaired) electrons. The highest BCUT2D eigenvalue weighted by atomic mass is 79.9. The molecule has 2 rings (SSSR count). The zero-order chi connectivity index (χ0) is 15.7. The molecule has 0 saturated carbocycles. The van der Waals surface area contributed by atoms with Gasteiger partial charge in [0, 0.05) is 10.5 Å². The van der Waals surface area contributed by atoms with Crippen LogP contribution in [-0.2, 0) is 0 Å². The third kappa shape index (κ3) is 3.02. The molecular weight excluding hydrogens is 357 g/mol. The first kappa shape index (κ1) is 15.8. The average Bonchev–Trinajstić information content (AvgIpc) is 2.47. The molecule has 2 aromatic carbocycles. The van der Waals surface area contributed by atoms with E-state index in [0.29, 0.717) is 5.56 Å². The van der Waals surface area contributed by atoms with E-state index >= 15 is 0 Å². The Kier molecular flexibility index (Phi) is 4.51. The first-order valence-electron chi connectivity index (χ1n) is 5.86. The highest BCUT2D eigenvalue weighted by Crippen LogP contribution is 2.30. The van der Waals surface area contributed by atoms with E-state index in [-0.39, 0.29) is 0 Å². The van der Waals surface area contributed by atoms with Crippen LogP contribution in [0.3, 0.4) is 0 Å². The highest BCUT2D eigenvalue weighted by molar-refractivity contribution is 9.10. The lowest BCUT2D eigenvalue weighted by molar-refractivity contribution is 0.381. The van der Waals surface area contributed by atoms with Gasteiger partial charge in [-0.3, -0.25) is 0 Å². The summed E-state index contributed by atoms with van der Waals surface area (Å²) in [5.41, 5.74) is -0.424. The first-order valence-corrected chi connectivity index (χ1v) is 6.65. The number of rotatable bonds is 3. The van der Waals surface area contributed by atoms with Gasteiger partial charge in [0.1, 0.15) is 5.69 Å². The van der Waals surface area contributed by atoms with E-state index < -0.39 is 40.8 Å². The molecule has 0 aliphatic heterocycles. The second-order valence-corrected chi connectivity index (χ2v) is 5.28. The minimum Gasteiger partial charge on any atom is -0.374 e. The maximum absolute atomic E-state index is 13.6. The lowest BCUT2D eigenvalue weighted by Gasteiger charge is -2.17. The van der Waals surface area contributed by atoms with E-state index in [1.54, 1.807) is 31.2 Å². The summed E-state index contributed by atoms with van der Waals surface area (Å²) in [6, 6.07) is 6.11. The Hall–Kier alpha value is -1.63. The van der Waals surface area contributed by atoms with Crippen molar-refractivity contribution in [3.63, 3.8) is 0 Å². The maximum Gasteiger partial charge on any atom is 0.200 e. The molecule has 0 saturated heterocycles. The molecular formula is C14H9BrF5N. The predicted molar refractivity (Wildman–Crippen MR) is 72.4 cm³/mol. The third-order valence-corrected chi connectivity index (χ3v) is 3.41. The lowest BCUT2D eigenvalue weighted by Crippen LogP contribution is -2.13. The van der Waals surface area contributed by atoms with Gasteiger partial charge in [0.05, 0.1) is 0 Å². The van der Waals surface area contributed by atoms with E-state index in [0.717, 1.165) is 4.47 Å². The second kappa shape index (κ2) is 6.01. The van der Waals surface area contributed by atoms with Crippen molar-refractivity contribution in [2.75, 3.05) is 5.32 Å². The second-order valence-electron chi connectivity index (χ2n) is 4.37. The van der Waals surface area contributed by atoms with Gasteiger partial charge in [0.2, 0.25) is 5.82 Å². The zero-order valence-corrected chi connectivity index (χ0v) is 12.2. The summed E-state index contributed by atoms with van der Waals surface area (Å²) in [7, 11) is 0. The van der Waals surface area contributed by atoms with Crippen LogP contribution in [0.1, 0.15) is 18.5 Å². The van der Waals surface area contributed by atoms with Gasteiger partial charge in [0.15, 0.2) is 23.3 Å². The van der Waals surface area contributed by atoms with Gasteiger partial charge in [-0.1, -0.05) is 28.1 Å². The van der Waals surface area contributed by atoms with Crippen molar-refractivity contribution in [1.29, 1.82) is 0 Å². The Labute approximate surface area is 125 Å². The zero-order valence-electron chi connectivity index (χ0n) is 10.7. The normalized spacial score (nSPS) is 12.3. The quantitative estimate of drug-likeness (QED) is 0.441. The van der Waals surface area contributed by atoms with Gasteiger partial charge in [-0.2, -0.15) is 0 Å². The molecule has 1 nitrogen and oxygen atoms in total. The van der Waals surface area contributed by atoms with Crippen LogP contribution in [0.4, 0.5) is 27.6 Å². The minimum absolute atomic E-state index is 0.619. The Morgan fingerprint density at radius 2 is 1.43 bits per heavy atom. The van der Waals surface area contributed by atoms with Crippen molar-refractivity contribution in [3.8, 4) is 0 Å². The largest absolute Gasteiger partial charge is 0.374 e. The van der Waals surface area contributed by atoms with E-state index in [1.165, 1.54) is 0 Å². The van der Waals surface area contributed by atoms with Crippen molar-refractivity contribution in [1.82, 2.24) is 0 Å². The fraction of sp³-hybridized carbons (Fsp3) is 0.143. The number of hydrogen-bond acceptors (Lipinski definition) is 1. The monoisotopic (exact) mass is 365 g/mol. The summed E-state index contributed by atoms with van der Waals surface area (Å²) in [6.07, 6.45) is 0. The topological polar surface area (TPSA) is 12.0 Å². The molecule has 1 atom stereocenters. The van der Waals surface area contributed by atoms with E-state index in [9.17, 15) is 22.0 Å². The third-order valence-electron chi connectivity index (χ3n) is 2.92. The molecule has 21 heavy (non-hydrogen) atoms. The van der Waals surface area contributed by atoms with Gasteiger partial charge in [-0.25, -0.2) is 22.0 Å². The number of anilines is 1. The summed E-state index contributed by atoms with van der Waals surface area (Å²) >= 11 is 3.23. The SMILES string of the molecule is CC(Nc1c(F)c(F)c(F)c(F)c1F)c1cccc(Br)c1. The fourth-order valence-corrected chi connectivity index (χ4v) is 2.22. The van der Waals surface area contributed by atoms with Crippen LogP contribution in [0.2, 0.25) is 0 Å². The van der Waals surface area contributed by atoms with Gasteiger partial charge in [0.25, 0.3) is 0 Å². The maximum atomic E-state index is 13.6. The van der Waals surface area contributed by atoms with Gasteiger partial charge < -0.3 is 5.32 Å². The van der Waals surface area contributed by atoms with Crippen molar-refractivity contribution in [3.05, 3.63) is 63.4 Å². The molecule has 7 heteroatoms. The van der Waals surface area contributed by atoms with Crippen molar-refractivity contribution in [2.45, 2.75) is 13.0 Å². The average molecular weight is 366 g/mol. The summed E-state index contributed by atoms with van der Waals surface area (Å²) < 4.78 is 67.0. The van der Waals surface area contributed by atoms with Crippen molar-refractivity contribution in [2.24, 2.45) is 0 Å². The van der Waals surface area contributed by atoms with Crippen LogP contribution < -0.4 is 5.32 Å².